The molecule has 0 saturated carbocycles. The Hall–Kier alpha value is -1.33. The van der Waals surface area contributed by atoms with E-state index in [1.807, 2.05) is 0 Å². The highest BCUT2D eigenvalue weighted by atomic mass is 16.7. The summed E-state index contributed by atoms with van der Waals surface area (Å²) in [6.45, 7) is 3.81. The topological polar surface area (TPSA) is 149 Å². The Morgan fingerprint density at radius 1 is 0.576 bits per heavy atom. The summed E-state index contributed by atoms with van der Waals surface area (Å²) in [5, 5.41) is 54.2. The van der Waals surface area contributed by atoms with Gasteiger partial charge in [0, 0.05) is 6.42 Å². The lowest BCUT2D eigenvalue weighted by Gasteiger charge is -2.40. The molecule has 348 valence electrons. The second-order valence-corrected chi connectivity index (χ2v) is 17.6. The molecular weight excluding hydrogens is 743 g/mol. The lowest BCUT2D eigenvalue weighted by atomic mass is 9.99. The number of ether oxygens (including phenoxy) is 2. The van der Waals surface area contributed by atoms with Gasteiger partial charge in [0.15, 0.2) is 6.29 Å². The Morgan fingerprint density at radius 3 is 1.46 bits per heavy atom. The Morgan fingerprint density at radius 2 is 1.00 bits per heavy atom. The van der Waals surface area contributed by atoms with Crippen LogP contribution in [0.4, 0.5) is 0 Å². The number of aliphatic hydroxyl groups is 5. The molecule has 0 aliphatic carbocycles. The van der Waals surface area contributed by atoms with Crippen LogP contribution < -0.4 is 5.32 Å². The Labute approximate surface area is 362 Å². The minimum Gasteiger partial charge on any atom is -0.394 e. The normalized spacial score (nSPS) is 20.8. The lowest BCUT2D eigenvalue weighted by Crippen LogP contribution is -2.60. The third-order valence-corrected chi connectivity index (χ3v) is 12.1. The molecule has 1 fully saturated rings. The number of aliphatic hydroxyl groups excluding tert-OH is 5. The zero-order chi connectivity index (χ0) is 43.0. The number of amides is 1. The van der Waals surface area contributed by atoms with E-state index in [4.69, 9.17) is 9.47 Å². The second-order valence-electron chi connectivity index (χ2n) is 17.6. The third-order valence-electron chi connectivity index (χ3n) is 12.1. The standard InChI is InChI=1S/C50H95NO8/c1-3-5-7-9-11-13-14-15-16-17-18-19-20-21-22-23-24-25-26-27-28-29-30-32-34-36-38-40-46(54)51-43(44(53)39-37-35-33-31-12-10-8-6-4-2)42-58-50-49(57)48(56)47(55)45(41-52)59-50/h18-19,21-22,43-45,47-50,52-53,55-57H,3-17,20,23-42H2,1-2H3,(H,51,54)/b19-18-,22-21-. The van der Waals surface area contributed by atoms with Gasteiger partial charge in [-0.2, -0.15) is 0 Å². The van der Waals surface area contributed by atoms with E-state index in [1.165, 1.54) is 161 Å². The van der Waals surface area contributed by atoms with Crippen molar-refractivity contribution in [1.29, 1.82) is 0 Å². The van der Waals surface area contributed by atoms with Crippen molar-refractivity contribution in [2.24, 2.45) is 0 Å². The molecule has 1 rings (SSSR count). The molecule has 0 radical (unpaired) electrons. The summed E-state index contributed by atoms with van der Waals surface area (Å²) in [5.74, 6) is -0.148. The van der Waals surface area contributed by atoms with Crippen LogP contribution >= 0.6 is 0 Å². The highest BCUT2D eigenvalue weighted by Gasteiger charge is 2.44. The zero-order valence-electron chi connectivity index (χ0n) is 38.3. The molecule has 0 spiro atoms. The molecule has 9 nitrogen and oxygen atoms in total. The fourth-order valence-electron chi connectivity index (χ4n) is 8.02. The first-order valence-electron chi connectivity index (χ1n) is 25.0. The van der Waals surface area contributed by atoms with E-state index in [0.29, 0.717) is 12.8 Å². The number of carbonyl (C=O) groups excluding carboxylic acids is 1. The van der Waals surface area contributed by atoms with E-state index in [1.54, 1.807) is 0 Å². The van der Waals surface area contributed by atoms with Crippen molar-refractivity contribution in [2.45, 2.75) is 275 Å². The van der Waals surface area contributed by atoms with Gasteiger partial charge in [-0.15, -0.1) is 0 Å². The van der Waals surface area contributed by atoms with E-state index in [2.05, 4.69) is 43.5 Å². The van der Waals surface area contributed by atoms with E-state index >= 15 is 0 Å². The summed E-state index contributed by atoms with van der Waals surface area (Å²) in [7, 11) is 0. The third kappa shape index (κ3) is 31.2. The molecule has 0 aromatic carbocycles. The van der Waals surface area contributed by atoms with Crippen LogP contribution in [0.5, 0.6) is 0 Å². The average molecular weight is 838 g/mol. The van der Waals surface area contributed by atoms with Crippen LogP contribution in [-0.2, 0) is 14.3 Å². The van der Waals surface area contributed by atoms with Crippen molar-refractivity contribution in [3.8, 4) is 0 Å². The van der Waals surface area contributed by atoms with Gasteiger partial charge in [0.25, 0.3) is 0 Å². The van der Waals surface area contributed by atoms with Gasteiger partial charge in [-0.3, -0.25) is 4.79 Å². The quantitative estimate of drug-likeness (QED) is 0.0263. The van der Waals surface area contributed by atoms with Crippen LogP contribution in [0.1, 0.15) is 232 Å². The molecule has 1 heterocycles. The Kier molecular flexibility index (Phi) is 38.4. The highest BCUT2D eigenvalue weighted by molar-refractivity contribution is 5.76. The molecule has 0 bridgehead atoms. The number of unbranched alkanes of at least 4 members (excludes halogenated alkanes) is 28. The Bertz CT molecular complexity index is 977. The molecular formula is C50H95NO8. The first-order valence-corrected chi connectivity index (χ1v) is 25.0. The monoisotopic (exact) mass is 838 g/mol. The maximum Gasteiger partial charge on any atom is 0.220 e. The van der Waals surface area contributed by atoms with E-state index in [9.17, 15) is 30.3 Å². The maximum atomic E-state index is 13.0. The average Bonchev–Trinajstić information content (AvgIpc) is 3.23. The summed E-state index contributed by atoms with van der Waals surface area (Å²) in [6.07, 6.45) is 42.1. The zero-order valence-corrected chi connectivity index (χ0v) is 38.3. The summed E-state index contributed by atoms with van der Waals surface area (Å²) >= 11 is 0. The lowest BCUT2D eigenvalue weighted by molar-refractivity contribution is -0.302. The van der Waals surface area contributed by atoms with Crippen molar-refractivity contribution < 1.29 is 39.8 Å². The highest BCUT2D eigenvalue weighted by Crippen LogP contribution is 2.23. The second kappa shape index (κ2) is 40.7. The van der Waals surface area contributed by atoms with Crippen molar-refractivity contribution in [1.82, 2.24) is 5.32 Å². The van der Waals surface area contributed by atoms with Crippen LogP contribution in [0.3, 0.4) is 0 Å². The molecule has 59 heavy (non-hydrogen) atoms. The van der Waals surface area contributed by atoms with Crippen LogP contribution in [-0.4, -0.2) is 87.5 Å². The SMILES string of the molecule is CCCCCCCCCCC/C=C\C/C=C\CCCCCCCCCCCCCC(=O)NC(COC1OC(CO)C(O)C(O)C1O)C(O)CCCCCCCCCCC. The number of hydrogen-bond acceptors (Lipinski definition) is 8. The van der Waals surface area contributed by atoms with Gasteiger partial charge in [-0.05, 0) is 44.9 Å². The number of rotatable bonds is 42. The molecule has 0 aromatic heterocycles. The molecule has 1 aliphatic rings. The van der Waals surface area contributed by atoms with Gasteiger partial charge in [-0.1, -0.05) is 205 Å². The van der Waals surface area contributed by atoms with Gasteiger partial charge in [0.1, 0.15) is 24.4 Å². The molecule has 1 saturated heterocycles. The van der Waals surface area contributed by atoms with Crippen molar-refractivity contribution >= 4 is 5.91 Å². The van der Waals surface area contributed by atoms with E-state index < -0.39 is 49.5 Å². The number of nitrogens with one attached hydrogen (secondary N) is 1. The number of allylic oxidation sites excluding steroid dienone is 4. The summed E-state index contributed by atoms with van der Waals surface area (Å²) in [5.41, 5.74) is 0. The van der Waals surface area contributed by atoms with E-state index in [-0.39, 0.29) is 12.5 Å². The number of carbonyl (C=O) groups is 1. The van der Waals surface area contributed by atoms with Gasteiger partial charge in [0.2, 0.25) is 5.91 Å². The van der Waals surface area contributed by atoms with Gasteiger partial charge < -0.3 is 40.3 Å². The summed E-state index contributed by atoms with van der Waals surface area (Å²) in [6, 6.07) is -0.716. The minimum atomic E-state index is -1.55. The molecule has 6 N–H and O–H groups in total. The van der Waals surface area contributed by atoms with Crippen molar-refractivity contribution in [3.05, 3.63) is 24.3 Å². The van der Waals surface area contributed by atoms with Crippen LogP contribution in [0.25, 0.3) is 0 Å². The molecule has 9 heteroatoms. The number of hydrogen-bond donors (Lipinski definition) is 6. The van der Waals surface area contributed by atoms with Crippen molar-refractivity contribution in [2.75, 3.05) is 13.2 Å². The van der Waals surface area contributed by atoms with Gasteiger partial charge in [0.05, 0.1) is 25.4 Å². The first-order chi connectivity index (χ1) is 28.8. The fourth-order valence-corrected chi connectivity index (χ4v) is 8.02. The maximum absolute atomic E-state index is 13.0. The molecule has 0 aromatic rings. The molecule has 1 amide bonds. The Balaban J connectivity index is 2.16. The van der Waals surface area contributed by atoms with E-state index in [0.717, 1.165) is 44.9 Å². The van der Waals surface area contributed by atoms with Crippen LogP contribution in [0.2, 0.25) is 0 Å². The smallest absolute Gasteiger partial charge is 0.220 e. The molecule has 7 unspecified atom stereocenters. The fraction of sp³-hybridized carbons (Fsp3) is 0.900. The largest absolute Gasteiger partial charge is 0.394 e. The first kappa shape index (κ1) is 55.7. The van der Waals surface area contributed by atoms with Crippen LogP contribution in [0.15, 0.2) is 24.3 Å². The molecule has 7 atom stereocenters. The summed E-state index contributed by atoms with van der Waals surface area (Å²) in [4.78, 5) is 13.0. The van der Waals surface area contributed by atoms with Crippen molar-refractivity contribution in [3.63, 3.8) is 0 Å². The molecule has 1 aliphatic heterocycles. The van der Waals surface area contributed by atoms with Crippen LogP contribution in [0, 0.1) is 0 Å². The predicted octanol–water partition coefficient (Wildman–Crippen LogP) is 11.1. The predicted molar refractivity (Wildman–Crippen MR) is 244 cm³/mol. The van der Waals surface area contributed by atoms with Gasteiger partial charge >= 0.3 is 0 Å². The van der Waals surface area contributed by atoms with Gasteiger partial charge in [-0.25, -0.2) is 0 Å². The summed E-state index contributed by atoms with van der Waals surface area (Å²) < 4.78 is 11.2. The minimum absolute atomic E-state index is 0.137.